The number of methoxy groups -OCH3 is 1. The van der Waals surface area contributed by atoms with E-state index < -0.39 is 17.4 Å². The number of amides is 1. The van der Waals surface area contributed by atoms with E-state index >= 15 is 0 Å². The molecule has 1 heterocycles. The molecule has 0 aliphatic heterocycles. The topological polar surface area (TPSA) is 87.0 Å². The van der Waals surface area contributed by atoms with Crippen LogP contribution < -0.4 is 4.80 Å². The second-order valence-corrected chi connectivity index (χ2v) is 7.63. The molecule has 0 aliphatic rings. The summed E-state index contributed by atoms with van der Waals surface area (Å²) in [6, 6.07) is 5.00. The normalized spacial score (nSPS) is 12.3. The SMILES string of the molecule is CCOC(=O)c1ccc2c(c1)sc(=NC(=O)C(C)(C)C)n2CC(=O)OC. The maximum Gasteiger partial charge on any atom is 0.338 e. The molecule has 8 heteroatoms. The first-order valence-electron chi connectivity index (χ1n) is 8.14. The van der Waals surface area contributed by atoms with Crippen LogP contribution in [-0.2, 0) is 25.6 Å². The summed E-state index contributed by atoms with van der Waals surface area (Å²) < 4.78 is 12.1. The van der Waals surface area contributed by atoms with E-state index in [9.17, 15) is 14.4 Å². The maximum atomic E-state index is 12.3. The third-order valence-electron chi connectivity index (χ3n) is 3.55. The van der Waals surface area contributed by atoms with Crippen LogP contribution in [0, 0.1) is 5.41 Å². The van der Waals surface area contributed by atoms with Gasteiger partial charge in [-0.05, 0) is 25.1 Å². The van der Waals surface area contributed by atoms with Crippen molar-refractivity contribution < 1.29 is 23.9 Å². The number of hydrogen-bond donors (Lipinski definition) is 0. The second kappa shape index (κ2) is 7.82. The molecule has 0 radical (unpaired) electrons. The smallest absolute Gasteiger partial charge is 0.338 e. The summed E-state index contributed by atoms with van der Waals surface area (Å²) in [5, 5.41) is 0. The molecule has 0 N–H and O–H groups in total. The zero-order valence-electron chi connectivity index (χ0n) is 15.5. The number of carbonyl (C=O) groups is 3. The molecule has 2 aromatic rings. The minimum Gasteiger partial charge on any atom is -0.468 e. The summed E-state index contributed by atoms with van der Waals surface area (Å²) in [5.74, 6) is -1.18. The van der Waals surface area contributed by atoms with E-state index in [1.54, 1.807) is 50.5 Å². The summed E-state index contributed by atoms with van der Waals surface area (Å²) in [4.78, 5) is 40.6. The minimum atomic E-state index is -0.643. The molecule has 0 unspecified atom stereocenters. The van der Waals surface area contributed by atoms with Crippen molar-refractivity contribution in [1.82, 2.24) is 4.57 Å². The van der Waals surface area contributed by atoms with Gasteiger partial charge in [0.25, 0.3) is 5.91 Å². The van der Waals surface area contributed by atoms with E-state index in [2.05, 4.69) is 4.99 Å². The fourth-order valence-corrected chi connectivity index (χ4v) is 3.17. The van der Waals surface area contributed by atoms with E-state index in [0.29, 0.717) is 15.9 Å². The van der Waals surface area contributed by atoms with Crippen LogP contribution in [0.1, 0.15) is 38.1 Å². The van der Waals surface area contributed by atoms with E-state index in [0.717, 1.165) is 4.70 Å². The van der Waals surface area contributed by atoms with Crippen molar-refractivity contribution in [2.45, 2.75) is 34.2 Å². The van der Waals surface area contributed by atoms with Crippen molar-refractivity contribution in [3.63, 3.8) is 0 Å². The number of hydrogen-bond acceptors (Lipinski definition) is 6. The van der Waals surface area contributed by atoms with Crippen molar-refractivity contribution in [3.8, 4) is 0 Å². The molecule has 0 spiro atoms. The number of aromatic nitrogens is 1. The fourth-order valence-electron chi connectivity index (χ4n) is 2.10. The number of rotatable bonds is 4. The number of ether oxygens (including phenoxy) is 2. The standard InChI is InChI=1S/C18H22N2O5S/c1-6-25-15(22)11-7-8-12-13(9-11)26-17(19-16(23)18(2,3)4)20(12)10-14(21)24-5/h7-9H,6,10H2,1-5H3. The summed E-state index contributed by atoms with van der Waals surface area (Å²) in [7, 11) is 1.30. The molecule has 0 fully saturated rings. The Bertz CT molecular complexity index is 918. The van der Waals surface area contributed by atoms with Crippen molar-refractivity contribution in [2.24, 2.45) is 10.4 Å². The lowest BCUT2D eigenvalue weighted by molar-refractivity contribution is -0.141. The molecule has 0 saturated heterocycles. The van der Waals surface area contributed by atoms with Gasteiger partial charge in [-0.1, -0.05) is 32.1 Å². The molecule has 2 rings (SSSR count). The predicted octanol–water partition coefficient (Wildman–Crippen LogP) is 2.53. The van der Waals surface area contributed by atoms with Gasteiger partial charge < -0.3 is 14.0 Å². The number of benzene rings is 1. The third kappa shape index (κ3) is 4.37. The van der Waals surface area contributed by atoms with Gasteiger partial charge in [-0.25, -0.2) is 4.79 Å². The largest absolute Gasteiger partial charge is 0.468 e. The molecule has 1 amide bonds. The Labute approximate surface area is 155 Å². The van der Waals surface area contributed by atoms with Gasteiger partial charge in [0.15, 0.2) is 4.80 Å². The first kappa shape index (κ1) is 19.8. The average Bonchev–Trinajstić information content (AvgIpc) is 2.90. The maximum absolute atomic E-state index is 12.3. The van der Waals surface area contributed by atoms with Crippen LogP contribution in [-0.4, -0.2) is 36.1 Å². The monoisotopic (exact) mass is 378 g/mol. The second-order valence-electron chi connectivity index (χ2n) is 6.62. The van der Waals surface area contributed by atoms with E-state index in [1.807, 2.05) is 0 Å². The predicted molar refractivity (Wildman–Crippen MR) is 97.8 cm³/mol. The van der Waals surface area contributed by atoms with Crippen LogP contribution >= 0.6 is 11.3 Å². The van der Waals surface area contributed by atoms with Crippen molar-refractivity contribution in [3.05, 3.63) is 28.6 Å². The fraction of sp³-hybridized carbons (Fsp3) is 0.444. The van der Waals surface area contributed by atoms with Crippen molar-refractivity contribution in [1.29, 1.82) is 0 Å². The quantitative estimate of drug-likeness (QED) is 0.763. The molecule has 26 heavy (non-hydrogen) atoms. The molecular formula is C18H22N2O5S. The number of thiazole rings is 1. The van der Waals surface area contributed by atoms with Gasteiger partial charge in [-0.2, -0.15) is 4.99 Å². The number of fused-ring (bicyclic) bond motifs is 1. The zero-order valence-corrected chi connectivity index (χ0v) is 16.3. The van der Waals surface area contributed by atoms with E-state index in [1.165, 1.54) is 18.4 Å². The summed E-state index contributed by atoms with van der Waals surface area (Å²) >= 11 is 1.23. The van der Waals surface area contributed by atoms with Gasteiger partial charge in [0, 0.05) is 5.41 Å². The molecular weight excluding hydrogens is 356 g/mol. The molecule has 1 aromatic carbocycles. The summed E-state index contributed by atoms with van der Waals surface area (Å²) in [6.07, 6.45) is 0. The average molecular weight is 378 g/mol. The number of carbonyl (C=O) groups excluding carboxylic acids is 3. The molecule has 140 valence electrons. The molecule has 0 saturated carbocycles. The highest BCUT2D eigenvalue weighted by molar-refractivity contribution is 7.16. The van der Waals surface area contributed by atoms with Crippen LogP contribution in [0.5, 0.6) is 0 Å². The Kier molecular flexibility index (Phi) is 5.97. The first-order valence-corrected chi connectivity index (χ1v) is 8.95. The van der Waals surface area contributed by atoms with Crippen LogP contribution in [0.25, 0.3) is 10.2 Å². The van der Waals surface area contributed by atoms with E-state index in [4.69, 9.17) is 9.47 Å². The van der Waals surface area contributed by atoms with Gasteiger partial charge in [0.2, 0.25) is 0 Å². The Hall–Kier alpha value is -2.48. The third-order valence-corrected chi connectivity index (χ3v) is 4.59. The van der Waals surface area contributed by atoms with Crippen LogP contribution in [0.2, 0.25) is 0 Å². The van der Waals surface area contributed by atoms with Crippen molar-refractivity contribution in [2.75, 3.05) is 13.7 Å². The Morgan fingerprint density at radius 1 is 1.23 bits per heavy atom. The molecule has 7 nitrogen and oxygen atoms in total. The number of esters is 2. The van der Waals surface area contributed by atoms with Gasteiger partial charge in [-0.15, -0.1) is 0 Å². The first-order chi connectivity index (χ1) is 12.2. The lowest BCUT2D eigenvalue weighted by Gasteiger charge is -2.11. The van der Waals surface area contributed by atoms with E-state index in [-0.39, 0.29) is 19.1 Å². The lowest BCUT2D eigenvalue weighted by atomic mass is 9.96. The highest BCUT2D eigenvalue weighted by Gasteiger charge is 2.22. The van der Waals surface area contributed by atoms with Crippen LogP contribution in [0.4, 0.5) is 0 Å². The highest BCUT2D eigenvalue weighted by atomic mass is 32.1. The van der Waals surface area contributed by atoms with Crippen LogP contribution in [0.15, 0.2) is 23.2 Å². The molecule has 0 bridgehead atoms. The van der Waals surface area contributed by atoms with Crippen LogP contribution in [0.3, 0.4) is 0 Å². The Morgan fingerprint density at radius 2 is 1.92 bits per heavy atom. The summed E-state index contributed by atoms with van der Waals surface area (Å²) in [6.45, 7) is 7.26. The van der Waals surface area contributed by atoms with Gasteiger partial charge >= 0.3 is 11.9 Å². The van der Waals surface area contributed by atoms with Crippen molar-refractivity contribution >= 4 is 39.4 Å². The lowest BCUT2D eigenvalue weighted by Crippen LogP contribution is -2.26. The Morgan fingerprint density at radius 3 is 2.50 bits per heavy atom. The highest BCUT2D eigenvalue weighted by Crippen LogP contribution is 2.21. The van der Waals surface area contributed by atoms with Gasteiger partial charge in [0.1, 0.15) is 6.54 Å². The Balaban J connectivity index is 2.63. The minimum absolute atomic E-state index is 0.0779. The number of nitrogens with zero attached hydrogens (tertiary/aromatic N) is 2. The molecule has 0 atom stereocenters. The molecule has 0 aliphatic carbocycles. The van der Waals surface area contributed by atoms with Gasteiger partial charge in [0.05, 0.1) is 29.5 Å². The molecule has 1 aromatic heterocycles. The summed E-state index contributed by atoms with van der Waals surface area (Å²) in [5.41, 5.74) is 0.448. The zero-order chi connectivity index (χ0) is 19.5. The van der Waals surface area contributed by atoms with Gasteiger partial charge in [-0.3, -0.25) is 9.59 Å².